The number of thiophene rings is 1. The van der Waals surface area contributed by atoms with Crippen LogP contribution in [0, 0.1) is 0 Å². The topological polar surface area (TPSA) is 142 Å². The second kappa shape index (κ2) is 8.93. The zero-order chi connectivity index (χ0) is 23.5. The van der Waals surface area contributed by atoms with Crippen molar-refractivity contribution in [2.45, 2.75) is 6.36 Å². The first-order valence-corrected chi connectivity index (χ1v) is 9.41. The molecule has 0 unspecified atom stereocenters. The zero-order valence-electron chi connectivity index (χ0n) is 15.6. The minimum Gasteiger partial charge on any atom is -0.501 e. The van der Waals surface area contributed by atoms with Crippen LogP contribution in [0.2, 0.25) is 0 Å². The molecule has 2 aromatic heterocycles. The third kappa shape index (κ3) is 5.51. The van der Waals surface area contributed by atoms with Gasteiger partial charge in [-0.3, -0.25) is 9.59 Å². The van der Waals surface area contributed by atoms with Gasteiger partial charge < -0.3 is 25.3 Å². The summed E-state index contributed by atoms with van der Waals surface area (Å²) in [5.74, 6) is -3.96. The highest BCUT2D eigenvalue weighted by atomic mass is 32.1. The number of H-pyrrole nitrogens is 1. The molecule has 0 atom stereocenters. The van der Waals surface area contributed by atoms with Crippen LogP contribution in [0.4, 0.5) is 18.9 Å². The predicted octanol–water partition coefficient (Wildman–Crippen LogP) is 3.45. The molecule has 0 aliphatic rings. The molecule has 0 bridgehead atoms. The van der Waals surface area contributed by atoms with Crippen molar-refractivity contribution in [1.29, 1.82) is 0 Å². The Morgan fingerprint density at radius 2 is 2.00 bits per heavy atom. The second-order valence-electron chi connectivity index (χ2n) is 6.02. The summed E-state index contributed by atoms with van der Waals surface area (Å²) < 4.78 is 40.8. The van der Waals surface area contributed by atoms with Crippen LogP contribution >= 0.6 is 11.3 Å². The van der Waals surface area contributed by atoms with E-state index < -0.39 is 41.0 Å². The number of nitrogens with zero attached hydrogens (tertiary/aromatic N) is 1. The maximum Gasteiger partial charge on any atom is 0.573 e. The number of aromatic hydroxyl groups is 1. The lowest BCUT2D eigenvalue weighted by Gasteiger charge is -2.08. The van der Waals surface area contributed by atoms with Gasteiger partial charge in [-0.1, -0.05) is 12.1 Å². The van der Waals surface area contributed by atoms with E-state index in [9.17, 15) is 32.7 Å². The molecule has 1 amide bonds. The Morgan fingerprint density at radius 1 is 1.25 bits per heavy atom. The molecule has 3 aromatic rings. The fourth-order valence-corrected chi connectivity index (χ4v) is 3.27. The van der Waals surface area contributed by atoms with Gasteiger partial charge in [0.15, 0.2) is 11.5 Å². The summed E-state index contributed by atoms with van der Waals surface area (Å²) in [6.07, 6.45) is -2.53. The summed E-state index contributed by atoms with van der Waals surface area (Å²) in [5, 5.41) is 22.6. The van der Waals surface area contributed by atoms with Crippen molar-refractivity contribution >= 4 is 35.0 Å². The van der Waals surface area contributed by atoms with Crippen molar-refractivity contribution in [3.8, 4) is 22.2 Å². The molecule has 2 heterocycles. The number of benzene rings is 1. The molecule has 0 aliphatic carbocycles. The monoisotopic (exact) mass is 467 g/mol. The SMILES string of the molecule is O=C(/C=C/c1cccc(OC(F)(F)F)c1)Nc1ccsc1-c1nc(C(=O)O)c(O)c(=O)[nH]1. The van der Waals surface area contributed by atoms with Gasteiger partial charge in [-0.2, -0.15) is 0 Å². The Kier molecular flexibility index (Phi) is 6.30. The highest BCUT2D eigenvalue weighted by molar-refractivity contribution is 7.14. The molecule has 1 aromatic carbocycles. The smallest absolute Gasteiger partial charge is 0.501 e. The number of hydrogen-bond acceptors (Lipinski definition) is 7. The minimum atomic E-state index is -4.85. The van der Waals surface area contributed by atoms with Crippen molar-refractivity contribution in [2.75, 3.05) is 5.32 Å². The number of carbonyl (C=O) groups excluding carboxylic acids is 1. The largest absolute Gasteiger partial charge is 0.573 e. The predicted molar refractivity (Wildman–Crippen MR) is 108 cm³/mol. The van der Waals surface area contributed by atoms with E-state index in [-0.39, 0.29) is 22.0 Å². The second-order valence-corrected chi connectivity index (χ2v) is 6.94. The summed E-state index contributed by atoms with van der Waals surface area (Å²) in [5.41, 5.74) is -1.47. The summed E-state index contributed by atoms with van der Waals surface area (Å²) >= 11 is 1.03. The number of carboxylic acid groups (broad SMARTS) is 1. The minimum absolute atomic E-state index is 0.184. The average Bonchev–Trinajstić information content (AvgIpc) is 3.15. The highest BCUT2D eigenvalue weighted by Crippen LogP contribution is 2.31. The molecule has 0 spiro atoms. The van der Waals surface area contributed by atoms with Gasteiger partial charge in [0.05, 0.1) is 10.6 Å². The Hall–Kier alpha value is -4.13. The van der Waals surface area contributed by atoms with E-state index >= 15 is 0 Å². The highest BCUT2D eigenvalue weighted by Gasteiger charge is 2.31. The van der Waals surface area contributed by atoms with E-state index in [1.54, 1.807) is 5.38 Å². The lowest BCUT2D eigenvalue weighted by molar-refractivity contribution is -0.274. The number of aromatic carboxylic acids is 1. The van der Waals surface area contributed by atoms with Crippen molar-refractivity contribution in [3.05, 3.63) is 63.4 Å². The van der Waals surface area contributed by atoms with Crippen LogP contribution in [0.5, 0.6) is 11.5 Å². The van der Waals surface area contributed by atoms with Crippen LogP contribution in [0.1, 0.15) is 16.1 Å². The number of ether oxygens (including phenoxy) is 1. The number of carboxylic acids is 1. The number of amides is 1. The molecule has 0 fully saturated rings. The fraction of sp³-hybridized carbons (Fsp3) is 0.0526. The number of alkyl halides is 3. The van der Waals surface area contributed by atoms with Crippen LogP contribution in [0.3, 0.4) is 0 Å². The van der Waals surface area contributed by atoms with Crippen LogP contribution in [-0.2, 0) is 4.79 Å². The summed E-state index contributed by atoms with van der Waals surface area (Å²) in [7, 11) is 0. The van der Waals surface area contributed by atoms with Gasteiger partial charge in [-0.25, -0.2) is 9.78 Å². The zero-order valence-corrected chi connectivity index (χ0v) is 16.5. The van der Waals surface area contributed by atoms with Crippen molar-refractivity contribution in [1.82, 2.24) is 9.97 Å². The Bertz CT molecular complexity index is 1270. The number of aromatic amines is 1. The van der Waals surface area contributed by atoms with Gasteiger partial charge in [0.25, 0.3) is 5.56 Å². The van der Waals surface area contributed by atoms with Crippen molar-refractivity contribution < 1.29 is 37.7 Å². The van der Waals surface area contributed by atoms with E-state index in [1.807, 2.05) is 0 Å². The number of halogens is 3. The Labute approximate surface area is 180 Å². The molecular formula is C19H12F3N3O6S. The molecule has 0 saturated heterocycles. The standard InChI is InChI=1S/C19H12F3N3O6S/c20-19(21,22)31-10-3-1-2-9(8-10)4-5-12(26)23-11-6-7-32-15(11)16-24-13(18(29)30)14(27)17(28)25-16/h1-8,27H,(H,23,26)(H,29,30)(H,24,25,28)/b5-4+. The van der Waals surface area contributed by atoms with Gasteiger partial charge in [-0.15, -0.1) is 24.5 Å². The molecule has 0 saturated carbocycles. The molecule has 13 heteroatoms. The number of nitrogens with one attached hydrogen (secondary N) is 2. The first-order valence-electron chi connectivity index (χ1n) is 8.53. The van der Waals surface area contributed by atoms with E-state index in [0.29, 0.717) is 0 Å². The maximum atomic E-state index is 12.3. The molecular weight excluding hydrogens is 455 g/mol. The molecule has 166 valence electrons. The van der Waals surface area contributed by atoms with Gasteiger partial charge in [0, 0.05) is 6.08 Å². The molecule has 0 radical (unpaired) electrons. The molecule has 9 nitrogen and oxygen atoms in total. The van der Waals surface area contributed by atoms with Gasteiger partial charge in [0.2, 0.25) is 11.7 Å². The number of rotatable bonds is 6. The third-order valence-corrected chi connectivity index (χ3v) is 4.68. The van der Waals surface area contributed by atoms with Gasteiger partial charge >= 0.3 is 12.3 Å². The number of anilines is 1. The van der Waals surface area contributed by atoms with Gasteiger partial charge in [0.1, 0.15) is 5.75 Å². The molecule has 32 heavy (non-hydrogen) atoms. The maximum absolute atomic E-state index is 12.3. The molecule has 4 N–H and O–H groups in total. The normalized spacial score (nSPS) is 11.5. The van der Waals surface area contributed by atoms with E-state index in [1.165, 1.54) is 24.3 Å². The number of hydrogen-bond donors (Lipinski definition) is 4. The number of carbonyl (C=O) groups is 2. The van der Waals surface area contributed by atoms with Crippen LogP contribution < -0.4 is 15.6 Å². The van der Waals surface area contributed by atoms with E-state index in [0.717, 1.165) is 29.5 Å². The first-order chi connectivity index (χ1) is 15.0. The summed E-state index contributed by atoms with van der Waals surface area (Å²) in [6.45, 7) is 0. The van der Waals surface area contributed by atoms with E-state index in [4.69, 9.17) is 5.11 Å². The van der Waals surface area contributed by atoms with Crippen molar-refractivity contribution in [2.24, 2.45) is 0 Å². The molecule has 0 aliphatic heterocycles. The quantitative estimate of drug-likeness (QED) is 0.407. The van der Waals surface area contributed by atoms with E-state index in [2.05, 4.69) is 20.0 Å². The average molecular weight is 467 g/mol. The lowest BCUT2D eigenvalue weighted by atomic mass is 10.2. The van der Waals surface area contributed by atoms with Crippen LogP contribution in [0.15, 0.2) is 46.6 Å². The first kappa shape index (κ1) is 22.6. The lowest BCUT2D eigenvalue weighted by Crippen LogP contribution is -2.17. The fourth-order valence-electron chi connectivity index (χ4n) is 2.48. The summed E-state index contributed by atoms with van der Waals surface area (Å²) in [6, 6.07) is 6.45. The van der Waals surface area contributed by atoms with Crippen LogP contribution in [0.25, 0.3) is 16.8 Å². The molecule has 3 rings (SSSR count). The Morgan fingerprint density at radius 3 is 2.69 bits per heavy atom. The number of aromatic nitrogens is 2. The van der Waals surface area contributed by atoms with Crippen LogP contribution in [-0.4, -0.2) is 38.4 Å². The summed E-state index contributed by atoms with van der Waals surface area (Å²) in [4.78, 5) is 41.3. The third-order valence-electron chi connectivity index (χ3n) is 3.75. The van der Waals surface area contributed by atoms with Crippen molar-refractivity contribution in [3.63, 3.8) is 0 Å². The Balaban J connectivity index is 1.79. The van der Waals surface area contributed by atoms with Gasteiger partial charge in [-0.05, 0) is 35.2 Å².